The fraction of sp³-hybridized carbons (Fsp3) is 0.730. The fourth-order valence-electron chi connectivity index (χ4n) is 7.34. The first-order chi connectivity index (χ1) is 27.3. The zero-order valence-corrected chi connectivity index (χ0v) is 33.2. The van der Waals surface area contributed by atoms with Crippen molar-refractivity contribution in [1.29, 1.82) is 0 Å². The lowest BCUT2D eigenvalue weighted by atomic mass is 9.84. The molecule has 4 rings (SSSR count). The molecular weight excluding hydrogens is 748 g/mol. The van der Waals surface area contributed by atoms with E-state index in [9.17, 15) is 28.8 Å². The van der Waals surface area contributed by atoms with Crippen LogP contribution in [-0.4, -0.2) is 115 Å². The van der Waals surface area contributed by atoms with Crippen molar-refractivity contribution >= 4 is 35.6 Å². The number of carbonyl (C=O) groups excluding carboxylic acids is 5. The van der Waals surface area contributed by atoms with Crippen molar-refractivity contribution in [3.05, 3.63) is 23.4 Å². The Labute approximate surface area is 331 Å². The normalized spacial score (nSPS) is 15.7. The molecule has 0 spiro atoms. The molecule has 0 saturated heterocycles. The van der Waals surface area contributed by atoms with Crippen molar-refractivity contribution in [3.63, 3.8) is 0 Å². The van der Waals surface area contributed by atoms with Gasteiger partial charge in [-0.15, -0.1) is 0 Å². The number of carboxylic acids is 1. The van der Waals surface area contributed by atoms with Gasteiger partial charge in [-0.3, -0.25) is 39.2 Å². The molecule has 2 saturated carbocycles. The zero-order chi connectivity index (χ0) is 41.7. The molecule has 5 N–H and O–H groups in total. The van der Waals surface area contributed by atoms with Gasteiger partial charge in [0.25, 0.3) is 23.5 Å². The van der Waals surface area contributed by atoms with Crippen LogP contribution in [0.15, 0.2) is 9.05 Å². The Balaban J connectivity index is 0.000000306. The Hall–Kier alpha value is -4.98. The van der Waals surface area contributed by atoms with Gasteiger partial charge in [-0.1, -0.05) is 100 Å². The van der Waals surface area contributed by atoms with E-state index in [2.05, 4.69) is 25.0 Å². The summed E-state index contributed by atoms with van der Waals surface area (Å²) in [5.74, 6) is -3.64. The molecule has 2 aromatic heterocycles. The van der Waals surface area contributed by atoms with Gasteiger partial charge in [0.2, 0.25) is 23.6 Å². The van der Waals surface area contributed by atoms with Crippen molar-refractivity contribution in [2.75, 3.05) is 34.3 Å². The number of ether oxygens (including phenoxy) is 1. The van der Waals surface area contributed by atoms with Crippen LogP contribution in [0.5, 0.6) is 0 Å². The van der Waals surface area contributed by atoms with E-state index in [0.717, 1.165) is 35.5 Å². The molecule has 57 heavy (non-hydrogen) atoms. The number of hydroxylamine groups is 2. The molecule has 2 atom stereocenters. The number of aliphatic carboxylic acids is 1. The smallest absolute Gasteiger partial charge is 0.325 e. The molecule has 0 aromatic carbocycles. The molecule has 0 radical (unpaired) electrons. The van der Waals surface area contributed by atoms with E-state index in [1.54, 1.807) is 11.0 Å². The highest BCUT2D eigenvalue weighted by Crippen LogP contribution is 2.32. The standard InChI is InChI=1S/C19H30N4O6.C18H28N4O6/c1-23(12-16(25)28-2)19(26)17-20-18(29-22-17)14(11-15(24)21-27)10-6-9-13-7-4-3-5-8-13;1-22(11-15(24)25)18(26)16-19-17(28-21-16)13(10-14(23)20-27)9-5-8-12-6-3-2-4-7-12/h13-14,27H,3-12H2,1-2H3,(H,21,24);12-13,27H,2-11H2,1H3,(H,20,23)(H,24,25)/t14-;13-/m11/s1. The second kappa shape index (κ2) is 24.6. The molecule has 2 fully saturated rings. The minimum Gasteiger partial charge on any atom is -0.480 e. The molecule has 318 valence electrons. The monoisotopic (exact) mass is 806 g/mol. The highest BCUT2D eigenvalue weighted by atomic mass is 16.5. The van der Waals surface area contributed by atoms with Gasteiger partial charge in [-0.25, -0.2) is 11.0 Å². The third-order valence-electron chi connectivity index (χ3n) is 10.5. The first-order valence-corrected chi connectivity index (χ1v) is 19.7. The number of nitrogens with one attached hydrogen (secondary N) is 2. The number of esters is 1. The van der Waals surface area contributed by atoms with Gasteiger partial charge in [0.1, 0.15) is 13.1 Å². The van der Waals surface area contributed by atoms with E-state index in [1.165, 1.54) is 85.4 Å². The molecule has 0 bridgehead atoms. The van der Waals surface area contributed by atoms with Crippen molar-refractivity contribution in [2.24, 2.45) is 11.8 Å². The topological polar surface area (TPSA) is 281 Å². The highest BCUT2D eigenvalue weighted by Gasteiger charge is 2.28. The van der Waals surface area contributed by atoms with Crippen LogP contribution in [-0.2, 0) is 23.9 Å². The number of aromatic nitrogens is 4. The summed E-state index contributed by atoms with van der Waals surface area (Å²) in [6.07, 6.45) is 17.7. The van der Waals surface area contributed by atoms with E-state index in [4.69, 9.17) is 24.6 Å². The zero-order valence-electron chi connectivity index (χ0n) is 33.2. The first-order valence-electron chi connectivity index (χ1n) is 19.7. The maximum atomic E-state index is 12.3. The van der Waals surface area contributed by atoms with E-state index in [0.29, 0.717) is 24.7 Å². The predicted octanol–water partition coefficient (Wildman–Crippen LogP) is 4.00. The minimum absolute atomic E-state index is 0.0189. The van der Waals surface area contributed by atoms with E-state index in [-0.39, 0.29) is 42.8 Å². The molecule has 4 amide bonds. The van der Waals surface area contributed by atoms with Gasteiger partial charge in [0, 0.05) is 38.8 Å². The largest absolute Gasteiger partial charge is 0.480 e. The summed E-state index contributed by atoms with van der Waals surface area (Å²) in [4.78, 5) is 80.2. The Morgan fingerprint density at radius 2 is 1.11 bits per heavy atom. The summed E-state index contributed by atoms with van der Waals surface area (Å²) in [5.41, 5.74) is 3.23. The van der Waals surface area contributed by atoms with Gasteiger partial charge in [-0.05, 0) is 24.7 Å². The second-order valence-corrected chi connectivity index (χ2v) is 14.9. The Morgan fingerprint density at radius 3 is 1.47 bits per heavy atom. The maximum absolute atomic E-state index is 12.3. The van der Waals surface area contributed by atoms with Crippen LogP contribution in [0.4, 0.5) is 0 Å². The average molecular weight is 807 g/mol. The van der Waals surface area contributed by atoms with Crippen LogP contribution in [0.1, 0.15) is 160 Å². The summed E-state index contributed by atoms with van der Waals surface area (Å²) < 4.78 is 14.9. The quantitative estimate of drug-likeness (QED) is 0.0718. The van der Waals surface area contributed by atoms with Crippen molar-refractivity contribution in [1.82, 2.24) is 41.0 Å². The molecule has 20 nitrogen and oxygen atoms in total. The van der Waals surface area contributed by atoms with Crippen LogP contribution < -0.4 is 11.0 Å². The molecule has 0 unspecified atom stereocenters. The number of likely N-dealkylation sites (N-methyl/N-ethyl adjacent to an activating group) is 2. The van der Waals surface area contributed by atoms with Gasteiger partial charge in [-0.2, -0.15) is 9.97 Å². The minimum atomic E-state index is -1.15. The summed E-state index contributed by atoms with van der Waals surface area (Å²) in [7, 11) is 3.99. The number of carboxylic acid groups (broad SMARTS) is 1. The Bertz CT molecular complexity index is 1590. The van der Waals surface area contributed by atoms with Crippen LogP contribution in [0.3, 0.4) is 0 Å². The van der Waals surface area contributed by atoms with Crippen LogP contribution in [0.25, 0.3) is 0 Å². The maximum Gasteiger partial charge on any atom is 0.325 e. The predicted molar refractivity (Wildman–Crippen MR) is 198 cm³/mol. The van der Waals surface area contributed by atoms with Crippen LogP contribution in [0, 0.1) is 11.8 Å². The fourth-order valence-corrected chi connectivity index (χ4v) is 7.34. The number of hydrogen-bond donors (Lipinski definition) is 5. The third-order valence-corrected chi connectivity index (χ3v) is 10.5. The van der Waals surface area contributed by atoms with Gasteiger partial charge in [0.15, 0.2) is 0 Å². The number of hydrogen-bond acceptors (Lipinski definition) is 15. The number of nitrogens with zero attached hydrogens (tertiary/aromatic N) is 6. The number of amides is 4. The summed E-state index contributed by atoms with van der Waals surface area (Å²) in [6.45, 7) is -0.725. The van der Waals surface area contributed by atoms with E-state index < -0.39 is 53.9 Å². The number of rotatable bonds is 20. The number of methoxy groups -OCH3 is 1. The van der Waals surface area contributed by atoms with Crippen LogP contribution >= 0.6 is 0 Å². The molecule has 0 aliphatic heterocycles. The first kappa shape index (κ1) is 46.4. The second-order valence-electron chi connectivity index (χ2n) is 14.9. The summed E-state index contributed by atoms with van der Waals surface area (Å²) >= 11 is 0. The van der Waals surface area contributed by atoms with E-state index in [1.807, 2.05) is 0 Å². The molecule has 20 heteroatoms. The van der Waals surface area contributed by atoms with Crippen molar-refractivity contribution in [3.8, 4) is 0 Å². The SMILES string of the molecule is CN(CC(=O)O)C(=O)c1noc([C@H](CCCC2CCCCC2)CC(=O)NO)n1.COC(=O)CN(C)C(=O)c1noc([C@H](CCCC2CCCCC2)CC(=O)NO)n1. The molecule has 2 heterocycles. The van der Waals surface area contributed by atoms with Crippen LogP contribution in [0.2, 0.25) is 0 Å². The van der Waals surface area contributed by atoms with Crippen molar-refractivity contribution in [2.45, 2.75) is 127 Å². The van der Waals surface area contributed by atoms with Crippen molar-refractivity contribution < 1.29 is 58.1 Å². The van der Waals surface area contributed by atoms with Gasteiger partial charge >= 0.3 is 11.9 Å². The Kier molecular flexibility index (Phi) is 20.0. The number of carbonyl (C=O) groups is 6. The Morgan fingerprint density at radius 1 is 0.702 bits per heavy atom. The summed E-state index contributed by atoms with van der Waals surface area (Å²) in [5, 5.41) is 33.8. The lowest BCUT2D eigenvalue weighted by Crippen LogP contribution is -2.33. The lowest BCUT2D eigenvalue weighted by molar-refractivity contribution is -0.141. The van der Waals surface area contributed by atoms with E-state index >= 15 is 0 Å². The van der Waals surface area contributed by atoms with Gasteiger partial charge in [0.05, 0.1) is 7.11 Å². The third kappa shape index (κ3) is 16.2. The summed E-state index contributed by atoms with van der Waals surface area (Å²) in [6, 6.07) is 0. The van der Waals surface area contributed by atoms with Gasteiger partial charge < -0.3 is 28.7 Å². The molecular formula is C37H58N8O12. The average Bonchev–Trinajstić information content (AvgIpc) is 3.91. The lowest BCUT2D eigenvalue weighted by Gasteiger charge is -2.22. The molecule has 2 aliphatic carbocycles. The molecule has 2 aliphatic rings. The highest BCUT2D eigenvalue weighted by molar-refractivity contribution is 5.92. The molecule has 2 aromatic rings.